The fourth-order valence-corrected chi connectivity index (χ4v) is 3.20. The van der Waals surface area contributed by atoms with Crippen molar-refractivity contribution < 1.29 is 27.5 Å². The Morgan fingerprint density at radius 3 is 2.48 bits per heavy atom. The van der Waals surface area contributed by atoms with Gasteiger partial charge in [0.05, 0.1) is 11.7 Å². The van der Waals surface area contributed by atoms with Crippen molar-refractivity contribution in [2.24, 2.45) is 0 Å². The van der Waals surface area contributed by atoms with E-state index in [1.807, 2.05) is 0 Å². The minimum absolute atomic E-state index is 0.0199. The minimum Gasteiger partial charge on any atom is -0.373 e. The summed E-state index contributed by atoms with van der Waals surface area (Å²) in [5.41, 5.74) is 0.567. The molecule has 0 spiro atoms. The number of carbonyl (C=O) groups excluding carboxylic acids is 2. The summed E-state index contributed by atoms with van der Waals surface area (Å²) in [5.74, 6) is -3.01. The smallest absolute Gasteiger partial charge is 0.254 e. The lowest BCUT2D eigenvalue weighted by Crippen LogP contribution is -2.41. The van der Waals surface area contributed by atoms with Crippen LogP contribution >= 0.6 is 0 Å². The molecule has 1 fully saturated rings. The molecule has 3 rings (SSSR count). The molecule has 0 radical (unpaired) electrons. The topological polar surface area (TPSA) is 67.4 Å². The van der Waals surface area contributed by atoms with Crippen LogP contribution in [0.1, 0.15) is 41.3 Å². The number of benzene rings is 2. The third-order valence-corrected chi connectivity index (χ3v) is 4.70. The van der Waals surface area contributed by atoms with Gasteiger partial charge in [0.2, 0.25) is 5.91 Å². The predicted molar refractivity (Wildman–Crippen MR) is 99.6 cm³/mol. The van der Waals surface area contributed by atoms with Gasteiger partial charge in [0.25, 0.3) is 5.91 Å². The summed E-state index contributed by atoms with van der Waals surface area (Å²) in [5, 5.41) is 5.34. The van der Waals surface area contributed by atoms with Crippen molar-refractivity contribution in [3.05, 3.63) is 71.0 Å². The predicted octanol–water partition coefficient (Wildman–Crippen LogP) is 3.26. The van der Waals surface area contributed by atoms with Crippen LogP contribution in [0.3, 0.4) is 0 Å². The van der Waals surface area contributed by atoms with Crippen molar-refractivity contribution in [3.63, 3.8) is 0 Å². The van der Waals surface area contributed by atoms with E-state index in [1.54, 1.807) is 12.1 Å². The fraction of sp³-hybridized carbons (Fsp3) is 0.333. The molecular formula is C21H21F3N2O3. The first-order chi connectivity index (χ1) is 13.9. The Morgan fingerprint density at radius 2 is 1.76 bits per heavy atom. The van der Waals surface area contributed by atoms with E-state index in [9.17, 15) is 22.8 Å². The largest absolute Gasteiger partial charge is 0.373 e. The molecular weight excluding hydrogens is 385 g/mol. The molecule has 5 nitrogen and oxygen atoms in total. The van der Waals surface area contributed by atoms with Gasteiger partial charge in [-0.15, -0.1) is 0 Å². The maximum Gasteiger partial charge on any atom is 0.254 e. The molecule has 8 heteroatoms. The molecule has 0 aliphatic carbocycles. The van der Waals surface area contributed by atoms with E-state index in [0.29, 0.717) is 25.5 Å². The standard InChI is InChI=1S/C21H21F3N2O3/c22-14-3-1-13(2-4-14)19-12-16(8-10-29-19)26-20(27)7-9-25-21(28)17-6-5-15(23)11-18(17)24/h1-6,11,16,19H,7-10,12H2,(H,25,28)(H,26,27)/t16-,19-/m0/s1. The summed E-state index contributed by atoms with van der Waals surface area (Å²) in [6.45, 7) is 0.486. The van der Waals surface area contributed by atoms with Crippen molar-refractivity contribution in [2.75, 3.05) is 13.2 Å². The summed E-state index contributed by atoms with van der Waals surface area (Å²) in [6, 6.07) is 8.63. The number of ether oxygens (including phenoxy) is 1. The van der Waals surface area contributed by atoms with Crippen LogP contribution in [0.25, 0.3) is 0 Å². The van der Waals surface area contributed by atoms with Gasteiger partial charge in [0.1, 0.15) is 17.5 Å². The van der Waals surface area contributed by atoms with E-state index < -0.39 is 17.5 Å². The lowest BCUT2D eigenvalue weighted by Gasteiger charge is -2.30. The van der Waals surface area contributed by atoms with Crippen LogP contribution in [0.5, 0.6) is 0 Å². The first-order valence-corrected chi connectivity index (χ1v) is 9.32. The van der Waals surface area contributed by atoms with Gasteiger partial charge in [0, 0.05) is 31.7 Å². The maximum atomic E-state index is 13.6. The molecule has 2 N–H and O–H groups in total. The number of rotatable bonds is 6. The highest BCUT2D eigenvalue weighted by atomic mass is 19.1. The van der Waals surface area contributed by atoms with Crippen LogP contribution in [0.2, 0.25) is 0 Å². The highest BCUT2D eigenvalue weighted by Crippen LogP contribution is 2.28. The molecule has 1 heterocycles. The van der Waals surface area contributed by atoms with Crippen molar-refractivity contribution in [1.82, 2.24) is 10.6 Å². The molecule has 2 aromatic rings. The Morgan fingerprint density at radius 1 is 1.03 bits per heavy atom. The van der Waals surface area contributed by atoms with Crippen molar-refractivity contribution in [1.29, 1.82) is 0 Å². The van der Waals surface area contributed by atoms with Gasteiger partial charge in [-0.25, -0.2) is 13.2 Å². The van der Waals surface area contributed by atoms with Gasteiger partial charge in [-0.1, -0.05) is 12.1 Å². The summed E-state index contributed by atoms with van der Waals surface area (Å²) in [6.07, 6.45) is 1.00. The average Bonchev–Trinajstić information content (AvgIpc) is 2.68. The van der Waals surface area contributed by atoms with Crippen LogP contribution in [0.4, 0.5) is 13.2 Å². The number of halogens is 3. The van der Waals surface area contributed by atoms with Crippen LogP contribution < -0.4 is 10.6 Å². The molecule has 29 heavy (non-hydrogen) atoms. The van der Waals surface area contributed by atoms with E-state index in [0.717, 1.165) is 17.7 Å². The number of nitrogens with one attached hydrogen (secondary N) is 2. The average molecular weight is 406 g/mol. The zero-order chi connectivity index (χ0) is 20.8. The molecule has 2 aromatic carbocycles. The zero-order valence-electron chi connectivity index (χ0n) is 15.6. The van der Waals surface area contributed by atoms with E-state index >= 15 is 0 Å². The molecule has 1 aliphatic heterocycles. The lowest BCUT2D eigenvalue weighted by atomic mass is 9.97. The Kier molecular flexibility index (Phi) is 6.87. The Labute approximate surface area is 166 Å². The SMILES string of the molecule is O=C(CCNC(=O)c1ccc(F)cc1F)N[C@H]1CCO[C@H](c2ccc(F)cc2)C1. The van der Waals surface area contributed by atoms with E-state index in [4.69, 9.17) is 4.74 Å². The summed E-state index contributed by atoms with van der Waals surface area (Å²) in [7, 11) is 0. The summed E-state index contributed by atoms with van der Waals surface area (Å²) < 4.78 is 45.2. The lowest BCUT2D eigenvalue weighted by molar-refractivity contribution is -0.122. The quantitative estimate of drug-likeness (QED) is 0.774. The Balaban J connectivity index is 1.44. The van der Waals surface area contributed by atoms with Crippen LogP contribution in [0, 0.1) is 17.5 Å². The third-order valence-electron chi connectivity index (χ3n) is 4.70. The van der Waals surface area contributed by atoms with Crippen LogP contribution in [0.15, 0.2) is 42.5 Å². The normalized spacial score (nSPS) is 18.9. The molecule has 1 saturated heterocycles. The highest BCUT2D eigenvalue weighted by Gasteiger charge is 2.25. The van der Waals surface area contributed by atoms with Crippen molar-refractivity contribution >= 4 is 11.8 Å². The molecule has 0 bridgehead atoms. The monoisotopic (exact) mass is 406 g/mol. The van der Waals surface area contributed by atoms with Crippen molar-refractivity contribution in [3.8, 4) is 0 Å². The number of hydrogen-bond donors (Lipinski definition) is 2. The van der Waals surface area contributed by atoms with Gasteiger partial charge < -0.3 is 15.4 Å². The van der Waals surface area contributed by atoms with Gasteiger partial charge in [-0.3, -0.25) is 9.59 Å². The van der Waals surface area contributed by atoms with Crippen LogP contribution in [-0.4, -0.2) is 31.0 Å². The van der Waals surface area contributed by atoms with E-state index in [-0.39, 0.29) is 42.4 Å². The zero-order valence-corrected chi connectivity index (χ0v) is 15.6. The Hall–Kier alpha value is -2.87. The van der Waals surface area contributed by atoms with Gasteiger partial charge in [-0.05, 0) is 42.7 Å². The minimum atomic E-state index is -0.957. The number of hydrogen-bond acceptors (Lipinski definition) is 3. The maximum absolute atomic E-state index is 13.6. The Bertz CT molecular complexity index is 874. The van der Waals surface area contributed by atoms with Crippen LogP contribution in [-0.2, 0) is 9.53 Å². The second kappa shape index (κ2) is 9.56. The van der Waals surface area contributed by atoms with Crippen molar-refractivity contribution in [2.45, 2.75) is 31.4 Å². The summed E-state index contributed by atoms with van der Waals surface area (Å²) in [4.78, 5) is 24.1. The molecule has 2 amide bonds. The highest BCUT2D eigenvalue weighted by molar-refractivity contribution is 5.94. The van der Waals surface area contributed by atoms with Gasteiger partial charge in [-0.2, -0.15) is 0 Å². The molecule has 0 saturated carbocycles. The fourth-order valence-electron chi connectivity index (χ4n) is 3.20. The second-order valence-electron chi connectivity index (χ2n) is 6.83. The number of amides is 2. The molecule has 154 valence electrons. The first-order valence-electron chi connectivity index (χ1n) is 9.32. The molecule has 0 unspecified atom stereocenters. The van der Waals surface area contributed by atoms with Gasteiger partial charge in [0.15, 0.2) is 0 Å². The van der Waals surface area contributed by atoms with Gasteiger partial charge >= 0.3 is 0 Å². The number of carbonyl (C=O) groups is 2. The molecule has 1 aliphatic rings. The molecule has 0 aromatic heterocycles. The van der Waals surface area contributed by atoms with E-state index in [2.05, 4.69) is 10.6 Å². The van der Waals surface area contributed by atoms with E-state index in [1.165, 1.54) is 12.1 Å². The molecule has 2 atom stereocenters. The first kappa shape index (κ1) is 20.9. The summed E-state index contributed by atoms with van der Waals surface area (Å²) >= 11 is 0. The second-order valence-corrected chi connectivity index (χ2v) is 6.83. The third kappa shape index (κ3) is 5.80.